The summed E-state index contributed by atoms with van der Waals surface area (Å²) >= 11 is 0. The van der Waals surface area contributed by atoms with Gasteiger partial charge >= 0.3 is 0 Å². The van der Waals surface area contributed by atoms with E-state index in [2.05, 4.69) is 13.8 Å². The van der Waals surface area contributed by atoms with Gasteiger partial charge in [-0.1, -0.05) is 44.2 Å². The molecule has 1 N–H and O–H groups in total. The molecule has 1 atom stereocenters. The summed E-state index contributed by atoms with van der Waals surface area (Å²) in [5.41, 5.74) is 3.38. The Labute approximate surface area is 124 Å². The Bertz CT molecular complexity index is 623. The van der Waals surface area contributed by atoms with Gasteiger partial charge in [0.05, 0.1) is 6.10 Å². The van der Waals surface area contributed by atoms with Crippen molar-refractivity contribution in [1.82, 2.24) is 0 Å². The van der Waals surface area contributed by atoms with Crippen LogP contribution in [0.5, 0.6) is 0 Å². The molecule has 112 valence electrons. The Hall–Kier alpha value is -1.74. The van der Waals surface area contributed by atoms with Crippen molar-refractivity contribution in [1.29, 1.82) is 0 Å². The minimum atomic E-state index is -0.879. The highest BCUT2D eigenvalue weighted by Gasteiger charge is 2.15. The summed E-state index contributed by atoms with van der Waals surface area (Å²) in [7, 11) is 0. The van der Waals surface area contributed by atoms with Crippen molar-refractivity contribution in [2.24, 2.45) is 0 Å². The van der Waals surface area contributed by atoms with E-state index in [4.69, 9.17) is 0 Å². The second-order valence-corrected chi connectivity index (χ2v) is 5.17. The van der Waals surface area contributed by atoms with E-state index in [1.165, 1.54) is 23.3 Å². The summed E-state index contributed by atoms with van der Waals surface area (Å²) in [5, 5.41) is 10.3. The summed E-state index contributed by atoms with van der Waals surface area (Å²) in [6.45, 7) is 4.16. The van der Waals surface area contributed by atoms with Crippen LogP contribution < -0.4 is 0 Å². The maximum atomic E-state index is 13.7. The zero-order valence-electron chi connectivity index (χ0n) is 12.4. The minimum Gasteiger partial charge on any atom is -0.388 e. The van der Waals surface area contributed by atoms with Gasteiger partial charge in [0.2, 0.25) is 0 Å². The molecule has 0 radical (unpaired) electrons. The third-order valence-electron chi connectivity index (χ3n) is 3.82. The molecule has 0 fully saturated rings. The lowest BCUT2D eigenvalue weighted by molar-refractivity contribution is 0.176. The summed E-state index contributed by atoms with van der Waals surface area (Å²) in [6, 6.07) is 9.86. The largest absolute Gasteiger partial charge is 0.388 e. The van der Waals surface area contributed by atoms with Gasteiger partial charge in [-0.3, -0.25) is 0 Å². The molecule has 1 nitrogen and oxygen atoms in total. The number of hydrogen-bond donors (Lipinski definition) is 1. The molecule has 2 aromatic rings. The van der Waals surface area contributed by atoms with Crippen molar-refractivity contribution in [2.45, 2.75) is 39.2 Å². The molecular formula is C18H20F2O. The Morgan fingerprint density at radius 3 is 2.33 bits per heavy atom. The van der Waals surface area contributed by atoms with E-state index in [0.29, 0.717) is 0 Å². The number of aliphatic hydroxyl groups excluding tert-OH is 1. The molecule has 2 aromatic carbocycles. The number of halogens is 2. The molecule has 0 aliphatic heterocycles. The summed E-state index contributed by atoms with van der Waals surface area (Å²) in [6.07, 6.45) is 1.06. The average molecular weight is 290 g/mol. The van der Waals surface area contributed by atoms with E-state index in [1.807, 2.05) is 18.2 Å². The van der Waals surface area contributed by atoms with Crippen molar-refractivity contribution in [3.8, 4) is 0 Å². The van der Waals surface area contributed by atoms with Crippen molar-refractivity contribution in [3.63, 3.8) is 0 Å². The number of hydrogen-bond acceptors (Lipinski definition) is 1. The van der Waals surface area contributed by atoms with E-state index < -0.39 is 17.7 Å². The highest BCUT2D eigenvalue weighted by atomic mass is 19.2. The van der Waals surface area contributed by atoms with E-state index in [9.17, 15) is 13.9 Å². The van der Waals surface area contributed by atoms with Crippen LogP contribution in [-0.2, 0) is 19.3 Å². The van der Waals surface area contributed by atoms with Crippen LogP contribution in [0.4, 0.5) is 8.78 Å². The smallest absolute Gasteiger partial charge is 0.162 e. The first-order valence-electron chi connectivity index (χ1n) is 7.29. The molecule has 3 heteroatoms. The number of aryl methyl sites for hydroxylation is 2. The van der Waals surface area contributed by atoms with Gasteiger partial charge in [0, 0.05) is 6.42 Å². The monoisotopic (exact) mass is 290 g/mol. The summed E-state index contributed by atoms with van der Waals surface area (Å²) in [5.74, 6) is -1.76. The normalized spacial score (nSPS) is 12.4. The molecule has 0 saturated carbocycles. The molecule has 0 heterocycles. The van der Waals surface area contributed by atoms with Crippen molar-refractivity contribution >= 4 is 0 Å². The van der Waals surface area contributed by atoms with E-state index >= 15 is 0 Å². The molecule has 0 bridgehead atoms. The van der Waals surface area contributed by atoms with Crippen LogP contribution in [0.15, 0.2) is 36.4 Å². The zero-order valence-corrected chi connectivity index (χ0v) is 12.4. The molecule has 0 spiro atoms. The van der Waals surface area contributed by atoms with Crippen LogP contribution in [0.25, 0.3) is 0 Å². The number of rotatable bonds is 5. The lowest BCUT2D eigenvalue weighted by Crippen LogP contribution is -2.06. The van der Waals surface area contributed by atoms with Gasteiger partial charge in [-0.15, -0.1) is 0 Å². The molecule has 0 saturated heterocycles. The molecule has 0 aliphatic rings. The molecule has 0 aromatic heterocycles. The fourth-order valence-electron chi connectivity index (χ4n) is 2.56. The van der Waals surface area contributed by atoms with Gasteiger partial charge in [-0.05, 0) is 41.2 Å². The third-order valence-corrected chi connectivity index (χ3v) is 3.82. The maximum absolute atomic E-state index is 13.7. The molecule has 0 aliphatic carbocycles. The fraction of sp³-hybridized carbons (Fsp3) is 0.333. The Morgan fingerprint density at radius 1 is 0.952 bits per heavy atom. The van der Waals surface area contributed by atoms with Crippen molar-refractivity contribution < 1.29 is 13.9 Å². The van der Waals surface area contributed by atoms with Gasteiger partial charge in [0.1, 0.15) is 0 Å². The molecule has 2 rings (SSSR count). The van der Waals surface area contributed by atoms with Crippen LogP contribution in [0, 0.1) is 11.6 Å². The molecule has 1 unspecified atom stereocenters. The van der Waals surface area contributed by atoms with Crippen LogP contribution in [-0.4, -0.2) is 5.11 Å². The van der Waals surface area contributed by atoms with Gasteiger partial charge in [-0.2, -0.15) is 0 Å². The van der Waals surface area contributed by atoms with Gasteiger partial charge in [0.25, 0.3) is 0 Å². The van der Waals surface area contributed by atoms with Crippen LogP contribution in [0.1, 0.15) is 42.2 Å². The van der Waals surface area contributed by atoms with E-state index in [0.717, 1.165) is 24.5 Å². The highest BCUT2D eigenvalue weighted by Crippen LogP contribution is 2.24. The van der Waals surface area contributed by atoms with Crippen LogP contribution in [0.2, 0.25) is 0 Å². The van der Waals surface area contributed by atoms with Crippen molar-refractivity contribution in [3.05, 3.63) is 70.3 Å². The van der Waals surface area contributed by atoms with E-state index in [1.54, 1.807) is 0 Å². The van der Waals surface area contributed by atoms with Gasteiger partial charge in [0.15, 0.2) is 11.6 Å². The topological polar surface area (TPSA) is 20.2 Å². The fourth-order valence-corrected chi connectivity index (χ4v) is 2.56. The number of aliphatic hydroxyl groups is 1. The maximum Gasteiger partial charge on any atom is 0.162 e. The quantitative estimate of drug-likeness (QED) is 0.867. The Balaban J connectivity index is 2.24. The zero-order chi connectivity index (χ0) is 15.4. The van der Waals surface area contributed by atoms with Gasteiger partial charge in [-0.25, -0.2) is 8.78 Å². The highest BCUT2D eigenvalue weighted by molar-refractivity contribution is 5.34. The predicted molar refractivity (Wildman–Crippen MR) is 80.2 cm³/mol. The second-order valence-electron chi connectivity index (χ2n) is 5.17. The summed E-state index contributed by atoms with van der Waals surface area (Å²) < 4.78 is 26.8. The van der Waals surface area contributed by atoms with Crippen LogP contribution >= 0.6 is 0 Å². The Morgan fingerprint density at radius 2 is 1.67 bits per heavy atom. The summed E-state index contributed by atoms with van der Waals surface area (Å²) in [4.78, 5) is 0. The lowest BCUT2D eigenvalue weighted by atomic mass is 9.95. The first-order valence-corrected chi connectivity index (χ1v) is 7.29. The van der Waals surface area contributed by atoms with Crippen molar-refractivity contribution in [2.75, 3.05) is 0 Å². The predicted octanol–water partition coefficient (Wildman–Crippen LogP) is 4.37. The standard InChI is InChI=1S/C18H20F2O/c1-3-12-8-9-14(10-13(12)4-2)17(21)11-15-6-5-7-16(19)18(15)20/h5-10,17,21H,3-4,11H2,1-2H3. The molecule has 21 heavy (non-hydrogen) atoms. The first-order chi connectivity index (χ1) is 10.1. The van der Waals surface area contributed by atoms with Crippen LogP contribution in [0.3, 0.4) is 0 Å². The molecular weight excluding hydrogens is 270 g/mol. The second kappa shape index (κ2) is 6.81. The van der Waals surface area contributed by atoms with Gasteiger partial charge < -0.3 is 5.11 Å². The van der Waals surface area contributed by atoms with E-state index in [-0.39, 0.29) is 12.0 Å². The SMILES string of the molecule is CCc1ccc(C(O)Cc2cccc(F)c2F)cc1CC. The average Bonchev–Trinajstić information content (AvgIpc) is 2.51. The molecule has 0 amide bonds. The lowest BCUT2D eigenvalue weighted by Gasteiger charge is -2.15. The number of benzene rings is 2. The Kier molecular flexibility index (Phi) is 5.07. The first kappa shape index (κ1) is 15.6. The third kappa shape index (κ3) is 3.48. The minimum absolute atomic E-state index is 0.0677.